The standard InChI is InChI=1S/C13H22ClN3O3S/c1-10(2)20-7-5-4-6-17-21(18,19)11-8-12(14)13(15-3)16-9-11/h8-10,17H,4-7H2,1-3H3,(H,15,16). The highest BCUT2D eigenvalue weighted by Crippen LogP contribution is 2.21. The van der Waals surface area contributed by atoms with E-state index in [4.69, 9.17) is 16.3 Å². The smallest absolute Gasteiger partial charge is 0.242 e. The molecule has 1 rings (SSSR count). The minimum atomic E-state index is -3.58. The van der Waals surface area contributed by atoms with Gasteiger partial charge in [0.15, 0.2) is 0 Å². The van der Waals surface area contributed by atoms with E-state index >= 15 is 0 Å². The van der Waals surface area contributed by atoms with Crippen molar-refractivity contribution in [1.82, 2.24) is 9.71 Å². The zero-order valence-corrected chi connectivity index (χ0v) is 14.1. The summed E-state index contributed by atoms with van der Waals surface area (Å²) in [5.74, 6) is 0.446. The average Bonchev–Trinajstić information content (AvgIpc) is 2.42. The number of nitrogens with one attached hydrogen (secondary N) is 2. The second kappa shape index (κ2) is 8.53. The maximum Gasteiger partial charge on any atom is 0.242 e. The number of nitrogens with zero attached hydrogens (tertiary/aromatic N) is 1. The van der Waals surface area contributed by atoms with Gasteiger partial charge in [-0.15, -0.1) is 0 Å². The van der Waals surface area contributed by atoms with Crippen molar-refractivity contribution in [3.8, 4) is 0 Å². The predicted molar refractivity (Wildman–Crippen MR) is 84.3 cm³/mol. The van der Waals surface area contributed by atoms with Gasteiger partial charge in [-0.3, -0.25) is 0 Å². The molecule has 2 N–H and O–H groups in total. The number of unbranched alkanes of at least 4 members (excludes halogenated alkanes) is 1. The Bertz CT molecular complexity index is 550. The summed E-state index contributed by atoms with van der Waals surface area (Å²) in [5.41, 5.74) is 0. The van der Waals surface area contributed by atoms with Gasteiger partial charge in [-0.1, -0.05) is 11.6 Å². The molecule has 120 valence electrons. The Balaban J connectivity index is 2.48. The number of ether oxygens (including phenoxy) is 1. The van der Waals surface area contributed by atoms with Gasteiger partial charge in [0, 0.05) is 26.4 Å². The van der Waals surface area contributed by atoms with Crippen LogP contribution >= 0.6 is 11.6 Å². The summed E-state index contributed by atoms with van der Waals surface area (Å²) in [6.45, 7) is 4.92. The number of aromatic nitrogens is 1. The number of pyridine rings is 1. The quantitative estimate of drug-likeness (QED) is 0.677. The first-order valence-corrected chi connectivity index (χ1v) is 8.67. The van der Waals surface area contributed by atoms with Gasteiger partial charge < -0.3 is 10.1 Å². The molecule has 0 aliphatic heterocycles. The lowest BCUT2D eigenvalue weighted by Gasteiger charge is -2.09. The molecule has 0 atom stereocenters. The van der Waals surface area contributed by atoms with E-state index in [2.05, 4.69) is 15.0 Å². The Kier molecular flexibility index (Phi) is 7.37. The maximum atomic E-state index is 12.1. The van der Waals surface area contributed by atoms with Gasteiger partial charge in [-0.2, -0.15) is 0 Å². The molecule has 8 heteroatoms. The number of halogens is 1. The van der Waals surface area contributed by atoms with Crippen molar-refractivity contribution < 1.29 is 13.2 Å². The molecule has 0 unspecified atom stereocenters. The largest absolute Gasteiger partial charge is 0.379 e. The van der Waals surface area contributed by atoms with Gasteiger partial charge in [-0.25, -0.2) is 18.1 Å². The molecule has 0 radical (unpaired) electrons. The molecule has 0 saturated carbocycles. The van der Waals surface area contributed by atoms with Gasteiger partial charge in [0.1, 0.15) is 10.7 Å². The number of sulfonamides is 1. The van der Waals surface area contributed by atoms with Gasteiger partial charge in [-0.05, 0) is 32.8 Å². The molecular formula is C13H22ClN3O3S. The Labute approximate surface area is 131 Å². The number of anilines is 1. The minimum Gasteiger partial charge on any atom is -0.379 e. The van der Waals surface area contributed by atoms with Crippen LogP contribution in [0.4, 0.5) is 5.82 Å². The number of hydrogen-bond donors (Lipinski definition) is 2. The highest BCUT2D eigenvalue weighted by Gasteiger charge is 2.15. The molecule has 0 bridgehead atoms. The second-order valence-corrected chi connectivity index (χ2v) is 6.95. The molecule has 0 amide bonds. The first kappa shape index (κ1) is 18.2. The van der Waals surface area contributed by atoms with Crippen LogP contribution in [0.5, 0.6) is 0 Å². The summed E-state index contributed by atoms with van der Waals surface area (Å²) < 4.78 is 32.0. The molecule has 0 spiro atoms. The third kappa shape index (κ3) is 6.17. The molecule has 1 aromatic rings. The van der Waals surface area contributed by atoms with E-state index in [0.29, 0.717) is 25.4 Å². The summed E-state index contributed by atoms with van der Waals surface area (Å²) in [5, 5.41) is 3.05. The monoisotopic (exact) mass is 335 g/mol. The van der Waals surface area contributed by atoms with Crippen LogP contribution in [-0.2, 0) is 14.8 Å². The van der Waals surface area contributed by atoms with Crippen LogP contribution in [-0.4, -0.2) is 39.7 Å². The van der Waals surface area contributed by atoms with Crippen LogP contribution in [0.1, 0.15) is 26.7 Å². The summed E-state index contributed by atoms with van der Waals surface area (Å²) >= 11 is 5.93. The third-order valence-electron chi connectivity index (χ3n) is 2.68. The molecule has 1 heterocycles. The zero-order chi connectivity index (χ0) is 15.9. The van der Waals surface area contributed by atoms with Crippen molar-refractivity contribution in [3.63, 3.8) is 0 Å². The van der Waals surface area contributed by atoms with E-state index in [1.54, 1.807) is 7.05 Å². The Morgan fingerprint density at radius 2 is 2.10 bits per heavy atom. The highest BCUT2D eigenvalue weighted by atomic mass is 35.5. The van der Waals surface area contributed by atoms with Crippen molar-refractivity contribution in [2.24, 2.45) is 0 Å². The van der Waals surface area contributed by atoms with Gasteiger partial charge in [0.25, 0.3) is 0 Å². The first-order chi connectivity index (χ1) is 9.86. The van der Waals surface area contributed by atoms with E-state index in [9.17, 15) is 8.42 Å². The number of rotatable bonds is 9. The topological polar surface area (TPSA) is 80.3 Å². The normalized spacial score (nSPS) is 11.9. The fraction of sp³-hybridized carbons (Fsp3) is 0.615. The van der Waals surface area contributed by atoms with Crippen LogP contribution in [0.3, 0.4) is 0 Å². The Morgan fingerprint density at radius 3 is 2.67 bits per heavy atom. The Morgan fingerprint density at radius 1 is 1.38 bits per heavy atom. The van der Waals surface area contributed by atoms with E-state index < -0.39 is 10.0 Å². The lowest BCUT2D eigenvalue weighted by molar-refractivity contribution is 0.0762. The molecule has 0 aliphatic carbocycles. The summed E-state index contributed by atoms with van der Waals surface area (Å²) in [6, 6.07) is 1.38. The molecule has 0 aromatic carbocycles. The third-order valence-corrected chi connectivity index (χ3v) is 4.39. The second-order valence-electron chi connectivity index (χ2n) is 4.78. The number of hydrogen-bond acceptors (Lipinski definition) is 5. The zero-order valence-electron chi connectivity index (χ0n) is 12.5. The lowest BCUT2D eigenvalue weighted by atomic mass is 10.3. The molecule has 0 saturated heterocycles. The SMILES string of the molecule is CNc1ncc(S(=O)(=O)NCCCCOC(C)C)cc1Cl. The summed E-state index contributed by atoms with van der Waals surface area (Å²) in [4.78, 5) is 4.02. The van der Waals surface area contributed by atoms with E-state index in [-0.39, 0.29) is 16.0 Å². The predicted octanol–water partition coefficient (Wildman–Crippen LogP) is 2.26. The maximum absolute atomic E-state index is 12.1. The summed E-state index contributed by atoms with van der Waals surface area (Å²) in [6.07, 6.45) is 2.99. The van der Waals surface area contributed by atoms with Crippen LogP contribution in [0.2, 0.25) is 5.02 Å². The van der Waals surface area contributed by atoms with Gasteiger partial charge in [0.2, 0.25) is 10.0 Å². The fourth-order valence-electron chi connectivity index (χ4n) is 1.59. The van der Waals surface area contributed by atoms with Crippen molar-refractivity contribution in [3.05, 3.63) is 17.3 Å². The van der Waals surface area contributed by atoms with Gasteiger partial charge >= 0.3 is 0 Å². The van der Waals surface area contributed by atoms with Crippen LogP contribution in [0, 0.1) is 0 Å². The molecule has 21 heavy (non-hydrogen) atoms. The van der Waals surface area contributed by atoms with Crippen LogP contribution in [0.25, 0.3) is 0 Å². The molecular weight excluding hydrogens is 314 g/mol. The minimum absolute atomic E-state index is 0.0601. The van der Waals surface area contributed by atoms with Crippen molar-refractivity contribution in [2.75, 3.05) is 25.5 Å². The van der Waals surface area contributed by atoms with Crippen LogP contribution in [0.15, 0.2) is 17.2 Å². The van der Waals surface area contributed by atoms with Crippen molar-refractivity contribution >= 4 is 27.4 Å². The van der Waals surface area contributed by atoms with E-state index in [1.807, 2.05) is 13.8 Å². The van der Waals surface area contributed by atoms with Crippen molar-refractivity contribution in [1.29, 1.82) is 0 Å². The lowest BCUT2D eigenvalue weighted by Crippen LogP contribution is -2.25. The first-order valence-electron chi connectivity index (χ1n) is 6.81. The average molecular weight is 336 g/mol. The Hall–Kier alpha value is -0.890. The summed E-state index contributed by atoms with van der Waals surface area (Å²) in [7, 11) is -1.91. The van der Waals surface area contributed by atoms with Gasteiger partial charge in [0.05, 0.1) is 11.1 Å². The van der Waals surface area contributed by atoms with Crippen molar-refractivity contribution in [2.45, 2.75) is 37.7 Å². The van der Waals surface area contributed by atoms with E-state index in [1.165, 1.54) is 12.3 Å². The molecule has 0 aliphatic rings. The van der Waals surface area contributed by atoms with Crippen LogP contribution < -0.4 is 10.0 Å². The van der Waals surface area contributed by atoms with E-state index in [0.717, 1.165) is 6.42 Å². The highest BCUT2D eigenvalue weighted by molar-refractivity contribution is 7.89. The molecule has 0 fully saturated rings. The fourth-order valence-corrected chi connectivity index (χ4v) is 2.96. The molecule has 1 aromatic heterocycles. The molecule has 6 nitrogen and oxygen atoms in total.